The van der Waals surface area contributed by atoms with Crippen LogP contribution in [0.25, 0.3) is 0 Å². The molecule has 0 aliphatic carbocycles. The zero-order chi connectivity index (χ0) is 11.5. The molecule has 4 nitrogen and oxygen atoms in total. The quantitative estimate of drug-likeness (QED) is 0.808. The van der Waals surface area contributed by atoms with E-state index in [1.54, 1.807) is 20.0 Å². The number of hydrogen-bond donors (Lipinski definition) is 1. The molecule has 4 heteroatoms. The standard InChI is InChI=1S/C11H18N2O2/c1-4-6-13-7-5-12-9(13)8-11(2,3)10(14)15/h5,7H,4,6,8H2,1-3H3,(H,14,15). The van der Waals surface area contributed by atoms with Gasteiger partial charge in [-0.1, -0.05) is 6.92 Å². The van der Waals surface area contributed by atoms with Gasteiger partial charge in [0.2, 0.25) is 0 Å². The van der Waals surface area contributed by atoms with Crippen molar-refractivity contribution in [2.24, 2.45) is 5.41 Å². The fourth-order valence-electron chi connectivity index (χ4n) is 1.42. The topological polar surface area (TPSA) is 55.1 Å². The van der Waals surface area contributed by atoms with Gasteiger partial charge in [0.1, 0.15) is 5.82 Å². The summed E-state index contributed by atoms with van der Waals surface area (Å²) in [7, 11) is 0. The molecule has 0 aliphatic heterocycles. The molecule has 1 aromatic rings. The second-order valence-electron chi connectivity index (χ2n) is 4.40. The van der Waals surface area contributed by atoms with Gasteiger partial charge in [-0.3, -0.25) is 4.79 Å². The molecule has 1 aromatic heterocycles. The van der Waals surface area contributed by atoms with Crippen LogP contribution in [0.5, 0.6) is 0 Å². The Morgan fingerprint density at radius 2 is 2.27 bits per heavy atom. The summed E-state index contributed by atoms with van der Waals surface area (Å²) in [5.74, 6) is 0.0674. The first-order valence-corrected chi connectivity index (χ1v) is 5.21. The van der Waals surface area contributed by atoms with Gasteiger partial charge in [-0.05, 0) is 20.3 Å². The van der Waals surface area contributed by atoms with Crippen molar-refractivity contribution < 1.29 is 9.90 Å². The van der Waals surface area contributed by atoms with Gasteiger partial charge in [-0.2, -0.15) is 0 Å². The Morgan fingerprint density at radius 3 is 2.80 bits per heavy atom. The maximum absolute atomic E-state index is 11.0. The summed E-state index contributed by atoms with van der Waals surface area (Å²) in [5, 5.41) is 9.02. The van der Waals surface area contributed by atoms with Gasteiger partial charge in [0.25, 0.3) is 0 Å². The zero-order valence-electron chi connectivity index (χ0n) is 9.53. The lowest BCUT2D eigenvalue weighted by Gasteiger charge is -2.19. The summed E-state index contributed by atoms with van der Waals surface area (Å²) in [4.78, 5) is 15.2. The highest BCUT2D eigenvalue weighted by Crippen LogP contribution is 2.21. The third-order valence-electron chi connectivity index (χ3n) is 2.45. The fraction of sp³-hybridized carbons (Fsp3) is 0.636. The largest absolute Gasteiger partial charge is 0.481 e. The molecule has 0 aromatic carbocycles. The highest BCUT2D eigenvalue weighted by Gasteiger charge is 2.29. The number of rotatable bonds is 5. The number of aryl methyl sites for hydroxylation is 1. The normalized spacial score (nSPS) is 11.7. The SMILES string of the molecule is CCCn1ccnc1CC(C)(C)C(=O)O. The lowest BCUT2D eigenvalue weighted by molar-refractivity contribution is -0.146. The van der Waals surface area contributed by atoms with Crippen molar-refractivity contribution in [3.8, 4) is 0 Å². The highest BCUT2D eigenvalue weighted by atomic mass is 16.4. The molecule has 0 saturated heterocycles. The number of carbonyl (C=O) groups is 1. The van der Waals surface area contributed by atoms with Gasteiger partial charge < -0.3 is 9.67 Å². The predicted molar refractivity (Wildman–Crippen MR) is 57.6 cm³/mol. The Bertz CT molecular complexity index is 342. The molecular weight excluding hydrogens is 192 g/mol. The van der Waals surface area contributed by atoms with Gasteiger partial charge >= 0.3 is 5.97 Å². The number of nitrogens with zero attached hydrogens (tertiary/aromatic N) is 2. The highest BCUT2D eigenvalue weighted by molar-refractivity contribution is 5.73. The number of aliphatic carboxylic acids is 1. The van der Waals surface area contributed by atoms with Crippen molar-refractivity contribution in [3.63, 3.8) is 0 Å². The minimum Gasteiger partial charge on any atom is -0.481 e. The van der Waals surface area contributed by atoms with Crippen LogP contribution in [-0.2, 0) is 17.8 Å². The Morgan fingerprint density at radius 1 is 1.60 bits per heavy atom. The molecule has 1 rings (SSSR count). The van der Waals surface area contributed by atoms with E-state index in [2.05, 4.69) is 11.9 Å². The Kier molecular flexibility index (Phi) is 3.50. The number of imidazole rings is 1. The van der Waals surface area contributed by atoms with Crippen molar-refractivity contribution in [2.75, 3.05) is 0 Å². The maximum atomic E-state index is 11.0. The Labute approximate surface area is 89.9 Å². The van der Waals surface area contributed by atoms with Crippen LogP contribution in [0.4, 0.5) is 0 Å². The van der Waals surface area contributed by atoms with E-state index >= 15 is 0 Å². The fourth-order valence-corrected chi connectivity index (χ4v) is 1.42. The Hall–Kier alpha value is -1.32. The molecule has 0 spiro atoms. The average Bonchev–Trinajstić information content (AvgIpc) is 2.52. The van der Waals surface area contributed by atoms with Crippen LogP contribution in [0.2, 0.25) is 0 Å². The number of aromatic nitrogens is 2. The first-order valence-electron chi connectivity index (χ1n) is 5.21. The summed E-state index contributed by atoms with van der Waals surface area (Å²) >= 11 is 0. The first-order chi connectivity index (χ1) is 6.97. The number of carboxylic acids is 1. The van der Waals surface area contributed by atoms with Gasteiger partial charge in [0.15, 0.2) is 0 Å². The summed E-state index contributed by atoms with van der Waals surface area (Å²) in [6.45, 7) is 6.43. The van der Waals surface area contributed by atoms with Crippen LogP contribution in [0.3, 0.4) is 0 Å². The van der Waals surface area contributed by atoms with Crippen LogP contribution in [-0.4, -0.2) is 20.6 Å². The van der Waals surface area contributed by atoms with E-state index in [1.165, 1.54) is 0 Å². The lowest BCUT2D eigenvalue weighted by atomic mass is 9.89. The molecule has 0 aliphatic rings. The summed E-state index contributed by atoms with van der Waals surface area (Å²) < 4.78 is 2.02. The summed E-state index contributed by atoms with van der Waals surface area (Å²) in [6, 6.07) is 0. The van der Waals surface area contributed by atoms with Crippen molar-refractivity contribution in [1.29, 1.82) is 0 Å². The molecule has 0 unspecified atom stereocenters. The molecule has 1 N–H and O–H groups in total. The van der Waals surface area contributed by atoms with E-state index < -0.39 is 11.4 Å². The summed E-state index contributed by atoms with van der Waals surface area (Å²) in [6.07, 6.45) is 5.12. The van der Waals surface area contributed by atoms with Crippen LogP contribution in [0.15, 0.2) is 12.4 Å². The first kappa shape index (κ1) is 11.8. The van der Waals surface area contributed by atoms with Gasteiger partial charge in [-0.25, -0.2) is 4.98 Å². The minimum atomic E-state index is -0.784. The van der Waals surface area contributed by atoms with Crippen LogP contribution >= 0.6 is 0 Å². The lowest BCUT2D eigenvalue weighted by Crippen LogP contribution is -2.27. The maximum Gasteiger partial charge on any atom is 0.309 e. The molecule has 0 saturated carbocycles. The van der Waals surface area contributed by atoms with E-state index in [9.17, 15) is 4.79 Å². The van der Waals surface area contributed by atoms with Crippen LogP contribution in [0, 0.1) is 5.41 Å². The van der Waals surface area contributed by atoms with E-state index in [-0.39, 0.29) is 0 Å². The molecule has 15 heavy (non-hydrogen) atoms. The molecular formula is C11H18N2O2. The van der Waals surface area contributed by atoms with Crippen molar-refractivity contribution in [1.82, 2.24) is 9.55 Å². The molecule has 0 bridgehead atoms. The molecule has 0 radical (unpaired) electrons. The minimum absolute atomic E-state index is 0.468. The Balaban J connectivity index is 2.80. The predicted octanol–water partition coefficient (Wildman–Crippen LogP) is 1.95. The molecule has 0 fully saturated rings. The summed E-state index contributed by atoms with van der Waals surface area (Å²) in [5.41, 5.74) is -0.753. The van der Waals surface area contributed by atoms with E-state index in [4.69, 9.17) is 5.11 Å². The van der Waals surface area contributed by atoms with Crippen molar-refractivity contribution in [2.45, 2.75) is 40.2 Å². The molecule has 0 amide bonds. The van der Waals surface area contributed by atoms with Gasteiger partial charge in [0, 0.05) is 25.4 Å². The van der Waals surface area contributed by atoms with Crippen molar-refractivity contribution in [3.05, 3.63) is 18.2 Å². The second-order valence-corrected chi connectivity index (χ2v) is 4.40. The third kappa shape index (κ3) is 2.81. The molecule has 0 atom stereocenters. The number of carboxylic acid groups (broad SMARTS) is 1. The van der Waals surface area contributed by atoms with Gasteiger partial charge in [-0.15, -0.1) is 0 Å². The zero-order valence-corrected chi connectivity index (χ0v) is 9.53. The number of hydrogen-bond acceptors (Lipinski definition) is 2. The van der Waals surface area contributed by atoms with E-state index in [0.29, 0.717) is 6.42 Å². The van der Waals surface area contributed by atoms with Crippen LogP contribution < -0.4 is 0 Å². The second kappa shape index (κ2) is 4.47. The smallest absolute Gasteiger partial charge is 0.309 e. The van der Waals surface area contributed by atoms with Crippen molar-refractivity contribution >= 4 is 5.97 Å². The third-order valence-corrected chi connectivity index (χ3v) is 2.45. The van der Waals surface area contributed by atoms with E-state index in [1.807, 2.05) is 10.8 Å². The average molecular weight is 210 g/mol. The monoisotopic (exact) mass is 210 g/mol. The van der Waals surface area contributed by atoms with E-state index in [0.717, 1.165) is 18.8 Å². The molecule has 1 heterocycles. The molecule has 84 valence electrons. The van der Waals surface area contributed by atoms with Crippen LogP contribution in [0.1, 0.15) is 33.0 Å². The van der Waals surface area contributed by atoms with Gasteiger partial charge in [0.05, 0.1) is 5.41 Å².